The van der Waals surface area contributed by atoms with Gasteiger partial charge < -0.3 is 14.5 Å². The fourth-order valence-corrected chi connectivity index (χ4v) is 7.12. The molecule has 2 atom stereocenters. The zero-order valence-corrected chi connectivity index (χ0v) is 31.0. The number of amides is 2. The predicted octanol–water partition coefficient (Wildman–Crippen LogP) is 9.89. The van der Waals surface area contributed by atoms with E-state index in [0.717, 1.165) is 67.0 Å². The van der Waals surface area contributed by atoms with Crippen molar-refractivity contribution in [1.29, 1.82) is 0 Å². The Kier molecular flexibility index (Phi) is 8.93. The first-order valence-corrected chi connectivity index (χ1v) is 17.9. The highest BCUT2D eigenvalue weighted by atomic mass is 16.6. The van der Waals surface area contributed by atoms with E-state index < -0.39 is 11.2 Å². The number of allylic oxidation sites excluding steroid dienone is 1. The summed E-state index contributed by atoms with van der Waals surface area (Å²) in [6, 6.07) is 21.1. The minimum atomic E-state index is -0.580. The highest BCUT2D eigenvalue weighted by Crippen LogP contribution is 2.37. The molecule has 3 aliphatic rings. The molecule has 268 valence electrons. The largest absolute Gasteiger partial charge is 0.444 e. The number of hydrogen-bond acceptors (Lipinski definition) is 6. The summed E-state index contributed by atoms with van der Waals surface area (Å²) >= 11 is 0. The molecular formula is C43H47N5O4. The van der Waals surface area contributed by atoms with E-state index in [1.54, 1.807) is 9.80 Å². The van der Waals surface area contributed by atoms with Crippen LogP contribution in [0.3, 0.4) is 0 Å². The highest BCUT2D eigenvalue weighted by Gasteiger charge is 2.38. The quantitative estimate of drug-likeness (QED) is 0.209. The third kappa shape index (κ3) is 7.45. The first-order chi connectivity index (χ1) is 24.6. The van der Waals surface area contributed by atoms with E-state index in [-0.39, 0.29) is 24.3 Å². The Morgan fingerprint density at radius 1 is 0.731 bits per heavy atom. The average Bonchev–Trinajstić information content (AvgIpc) is 3.89. The number of H-pyrrole nitrogens is 1. The van der Waals surface area contributed by atoms with Crippen LogP contribution in [0.2, 0.25) is 0 Å². The SMILES string of the molecule is C=C1C[C@@H](C2=NC=C(c3ccc(-c4ccc5cc(-c6cnc([C@@H]7CC(=C)CN7C(=O)OC(C)(C)C)[nH]6)ccc5c4)cc3)C2)N(C(=O)OC(C)(C)C)C1. The zero-order chi connectivity index (χ0) is 36.9. The number of benzene rings is 3. The molecule has 2 amide bonds. The van der Waals surface area contributed by atoms with Crippen LogP contribution in [0, 0.1) is 0 Å². The number of ether oxygens (including phenoxy) is 2. The van der Waals surface area contributed by atoms with Gasteiger partial charge in [-0.3, -0.25) is 14.8 Å². The molecule has 7 rings (SSSR count). The highest BCUT2D eigenvalue weighted by molar-refractivity contribution is 6.03. The van der Waals surface area contributed by atoms with E-state index in [2.05, 4.69) is 83.8 Å². The normalized spacial score (nSPS) is 19.3. The Bertz CT molecular complexity index is 2140. The molecule has 0 spiro atoms. The van der Waals surface area contributed by atoms with Crippen molar-refractivity contribution in [3.63, 3.8) is 0 Å². The van der Waals surface area contributed by atoms with Gasteiger partial charge in [0.15, 0.2) is 0 Å². The Labute approximate surface area is 305 Å². The van der Waals surface area contributed by atoms with Crippen LogP contribution in [0.1, 0.15) is 78.2 Å². The summed E-state index contributed by atoms with van der Waals surface area (Å²) in [5.41, 5.74) is 8.23. The van der Waals surface area contributed by atoms with Crippen LogP contribution in [0.4, 0.5) is 9.59 Å². The van der Waals surface area contributed by atoms with E-state index in [9.17, 15) is 9.59 Å². The fraction of sp³-hybridized carbons (Fsp3) is 0.349. The van der Waals surface area contributed by atoms with Crippen molar-refractivity contribution in [3.8, 4) is 22.4 Å². The van der Waals surface area contributed by atoms with Crippen molar-refractivity contribution in [2.45, 2.75) is 84.1 Å². The lowest BCUT2D eigenvalue weighted by atomic mass is 9.95. The van der Waals surface area contributed by atoms with Gasteiger partial charge in [-0.15, -0.1) is 0 Å². The van der Waals surface area contributed by atoms with Crippen molar-refractivity contribution >= 4 is 34.2 Å². The molecule has 0 bridgehead atoms. The maximum atomic E-state index is 12.9. The monoisotopic (exact) mass is 697 g/mol. The number of nitrogens with zero attached hydrogens (tertiary/aromatic N) is 4. The number of imidazole rings is 1. The van der Waals surface area contributed by atoms with Gasteiger partial charge in [0.05, 0.1) is 24.0 Å². The summed E-state index contributed by atoms with van der Waals surface area (Å²) in [7, 11) is 0. The van der Waals surface area contributed by atoms with Gasteiger partial charge in [0.25, 0.3) is 0 Å². The van der Waals surface area contributed by atoms with Crippen molar-refractivity contribution < 1.29 is 19.1 Å². The average molecular weight is 698 g/mol. The smallest absolute Gasteiger partial charge is 0.411 e. The van der Waals surface area contributed by atoms with Gasteiger partial charge in [-0.1, -0.05) is 72.8 Å². The number of hydrogen-bond donors (Lipinski definition) is 1. The first kappa shape index (κ1) is 35.0. The number of likely N-dealkylation sites (tertiary alicyclic amines) is 2. The van der Waals surface area contributed by atoms with Crippen molar-refractivity contribution in [2.24, 2.45) is 4.99 Å². The lowest BCUT2D eigenvalue weighted by Crippen LogP contribution is -2.43. The van der Waals surface area contributed by atoms with Gasteiger partial charge in [0.1, 0.15) is 17.0 Å². The molecule has 0 saturated carbocycles. The molecule has 3 aliphatic heterocycles. The van der Waals surface area contributed by atoms with Crippen molar-refractivity contribution in [3.05, 3.63) is 109 Å². The molecule has 2 fully saturated rings. The van der Waals surface area contributed by atoms with Crippen LogP contribution in [0.5, 0.6) is 0 Å². The summed E-state index contributed by atoms with van der Waals surface area (Å²) in [5, 5.41) is 2.26. The summed E-state index contributed by atoms with van der Waals surface area (Å²) < 4.78 is 11.3. The number of carbonyl (C=O) groups is 2. The van der Waals surface area contributed by atoms with Crippen LogP contribution in [-0.2, 0) is 9.47 Å². The fourth-order valence-electron chi connectivity index (χ4n) is 7.12. The lowest BCUT2D eigenvalue weighted by molar-refractivity contribution is 0.0219. The van der Waals surface area contributed by atoms with Gasteiger partial charge >= 0.3 is 12.2 Å². The number of aromatic amines is 1. The molecule has 2 saturated heterocycles. The minimum Gasteiger partial charge on any atom is -0.444 e. The van der Waals surface area contributed by atoms with E-state index in [4.69, 9.17) is 14.5 Å². The summed E-state index contributed by atoms with van der Waals surface area (Å²) in [6.07, 6.45) is 5.11. The van der Waals surface area contributed by atoms with E-state index in [1.807, 2.05) is 53.9 Å². The minimum absolute atomic E-state index is 0.133. The molecule has 9 nitrogen and oxygen atoms in total. The Morgan fingerprint density at radius 2 is 1.25 bits per heavy atom. The van der Waals surface area contributed by atoms with E-state index in [1.165, 1.54) is 0 Å². The van der Waals surface area contributed by atoms with Crippen LogP contribution in [0.25, 0.3) is 38.7 Å². The number of carbonyl (C=O) groups excluding carboxylic acids is 2. The topological polar surface area (TPSA) is 100 Å². The van der Waals surface area contributed by atoms with Crippen LogP contribution in [0.15, 0.2) is 102 Å². The summed E-state index contributed by atoms with van der Waals surface area (Å²) in [4.78, 5) is 42.3. The molecule has 0 unspecified atom stereocenters. The van der Waals surface area contributed by atoms with Gasteiger partial charge in [0, 0.05) is 37.0 Å². The second kappa shape index (κ2) is 13.3. The van der Waals surface area contributed by atoms with Gasteiger partial charge in [-0.25, -0.2) is 14.6 Å². The van der Waals surface area contributed by atoms with Crippen LogP contribution >= 0.6 is 0 Å². The maximum absolute atomic E-state index is 12.9. The third-order valence-corrected chi connectivity index (χ3v) is 9.55. The van der Waals surface area contributed by atoms with Crippen LogP contribution in [-0.4, -0.2) is 68.0 Å². The van der Waals surface area contributed by atoms with Gasteiger partial charge in [-0.05, 0) is 99.6 Å². The summed E-state index contributed by atoms with van der Waals surface area (Å²) in [5.74, 6) is 0.724. The second-order valence-electron chi connectivity index (χ2n) is 16.1. The molecule has 9 heteroatoms. The molecule has 0 aliphatic carbocycles. The lowest BCUT2D eigenvalue weighted by Gasteiger charge is -2.28. The van der Waals surface area contributed by atoms with E-state index >= 15 is 0 Å². The van der Waals surface area contributed by atoms with Crippen molar-refractivity contribution in [2.75, 3.05) is 13.1 Å². The Balaban J connectivity index is 1.02. The van der Waals surface area contributed by atoms with E-state index in [0.29, 0.717) is 32.4 Å². The maximum Gasteiger partial charge on any atom is 0.411 e. The number of aromatic nitrogens is 2. The number of aliphatic imine (C=N–C) groups is 1. The molecule has 1 aromatic heterocycles. The molecule has 4 heterocycles. The molecule has 0 radical (unpaired) electrons. The molecular weight excluding hydrogens is 651 g/mol. The molecule has 4 aromatic rings. The van der Waals surface area contributed by atoms with Gasteiger partial charge in [0.2, 0.25) is 0 Å². The standard InChI is InChI=1S/C43H47N5O4/c1-26-17-37(47(24-26)40(49)51-42(3,4)5)35-21-34(22-44-35)29-11-9-28(10-12-29)30-13-14-32-20-33(16-15-31(32)19-30)36-23-45-39(46-36)38-18-27(2)25-48(38)41(50)52-43(6,7)8/h9-16,19-20,22-23,37-38H,1-2,17-18,21,24-25H2,3-8H3,(H,45,46)/t37-,38-/m0/s1. The Hall–Kier alpha value is -5.44. The van der Waals surface area contributed by atoms with Crippen molar-refractivity contribution in [1.82, 2.24) is 19.8 Å². The third-order valence-electron chi connectivity index (χ3n) is 9.55. The Morgan fingerprint density at radius 3 is 1.87 bits per heavy atom. The number of fused-ring (bicyclic) bond motifs is 1. The first-order valence-electron chi connectivity index (χ1n) is 17.9. The molecule has 52 heavy (non-hydrogen) atoms. The van der Waals surface area contributed by atoms with Crippen LogP contribution < -0.4 is 0 Å². The molecule has 1 N–H and O–H groups in total. The summed E-state index contributed by atoms with van der Waals surface area (Å²) in [6.45, 7) is 20.5. The number of nitrogens with one attached hydrogen (secondary N) is 1. The van der Waals surface area contributed by atoms with Gasteiger partial charge in [-0.2, -0.15) is 0 Å². The predicted molar refractivity (Wildman–Crippen MR) is 207 cm³/mol. The second-order valence-corrected chi connectivity index (χ2v) is 16.1. The molecule has 3 aromatic carbocycles. The number of rotatable bonds is 5. The zero-order valence-electron chi connectivity index (χ0n) is 31.0.